The number of anilines is 1. The Labute approximate surface area is 230 Å². The standard InChI is InChI=1S/C27H23BrFN5O5/c1-2-3-4-25-32-22-11-6-18(28)14-21(22)27(36)33(25)30-15-17-5-12-24(23(13-17)34(37)38)39-16-26(35)31-20-9-7-19(29)8-10-20/h5-15H,2-4,16H2,1H3,(H,31,35). The number of ether oxygens (including phenoxy) is 1. The Morgan fingerprint density at radius 1 is 1.21 bits per heavy atom. The summed E-state index contributed by atoms with van der Waals surface area (Å²) in [5.41, 5.74) is 0.516. The second-order valence-electron chi connectivity index (χ2n) is 8.48. The van der Waals surface area contributed by atoms with E-state index in [1.54, 1.807) is 18.2 Å². The van der Waals surface area contributed by atoms with Gasteiger partial charge in [0.25, 0.3) is 11.5 Å². The molecule has 0 aliphatic rings. The fourth-order valence-electron chi connectivity index (χ4n) is 3.69. The summed E-state index contributed by atoms with van der Waals surface area (Å²) in [6.45, 7) is 1.53. The summed E-state index contributed by atoms with van der Waals surface area (Å²) in [4.78, 5) is 41.0. The van der Waals surface area contributed by atoms with Crippen LogP contribution in [0, 0.1) is 15.9 Å². The molecule has 0 bridgehead atoms. The van der Waals surface area contributed by atoms with Crippen LogP contribution in [0.2, 0.25) is 0 Å². The molecule has 0 radical (unpaired) electrons. The van der Waals surface area contributed by atoms with Gasteiger partial charge in [0.1, 0.15) is 11.6 Å². The number of hydrogen-bond acceptors (Lipinski definition) is 7. The molecule has 0 aliphatic heterocycles. The third kappa shape index (κ3) is 6.90. The number of rotatable bonds is 10. The molecule has 4 rings (SSSR count). The fraction of sp³-hybridized carbons (Fsp3) is 0.185. The number of aromatic nitrogens is 2. The molecule has 0 atom stereocenters. The molecule has 0 saturated carbocycles. The van der Waals surface area contributed by atoms with Crippen molar-refractivity contribution in [1.82, 2.24) is 9.66 Å². The van der Waals surface area contributed by atoms with Gasteiger partial charge in [-0.2, -0.15) is 9.78 Å². The van der Waals surface area contributed by atoms with Gasteiger partial charge in [-0.1, -0.05) is 29.3 Å². The van der Waals surface area contributed by atoms with Crippen molar-refractivity contribution in [1.29, 1.82) is 0 Å². The zero-order valence-corrected chi connectivity index (χ0v) is 22.4. The van der Waals surface area contributed by atoms with Crippen molar-refractivity contribution in [3.63, 3.8) is 0 Å². The zero-order valence-electron chi connectivity index (χ0n) is 20.8. The normalized spacial score (nSPS) is 11.2. The summed E-state index contributed by atoms with van der Waals surface area (Å²) in [6, 6.07) is 14.5. The van der Waals surface area contributed by atoms with Gasteiger partial charge in [-0.15, -0.1) is 0 Å². The van der Waals surface area contributed by atoms with Crippen molar-refractivity contribution in [3.05, 3.63) is 103 Å². The first kappa shape index (κ1) is 27.6. The number of amides is 1. The molecule has 4 aromatic rings. The van der Waals surface area contributed by atoms with Crippen molar-refractivity contribution in [2.24, 2.45) is 5.10 Å². The molecule has 39 heavy (non-hydrogen) atoms. The Morgan fingerprint density at radius 2 is 1.97 bits per heavy atom. The number of benzene rings is 3. The molecule has 0 aliphatic carbocycles. The Morgan fingerprint density at radius 3 is 2.69 bits per heavy atom. The average molecular weight is 596 g/mol. The number of nitrogens with zero attached hydrogens (tertiary/aromatic N) is 4. The highest BCUT2D eigenvalue weighted by molar-refractivity contribution is 9.10. The number of carbonyl (C=O) groups is 1. The maximum atomic E-state index is 13.2. The Balaban J connectivity index is 1.57. The van der Waals surface area contributed by atoms with E-state index in [0.29, 0.717) is 34.4 Å². The number of nitrogens with one attached hydrogen (secondary N) is 1. The lowest BCUT2D eigenvalue weighted by Gasteiger charge is -2.10. The summed E-state index contributed by atoms with van der Waals surface area (Å²) in [6.07, 6.45) is 3.56. The molecule has 1 aromatic heterocycles. The van der Waals surface area contributed by atoms with E-state index in [1.807, 2.05) is 6.92 Å². The fourth-order valence-corrected chi connectivity index (χ4v) is 4.05. The highest BCUT2D eigenvalue weighted by Crippen LogP contribution is 2.27. The first-order valence-corrected chi connectivity index (χ1v) is 12.8. The molecule has 0 unspecified atom stereocenters. The first-order chi connectivity index (χ1) is 18.7. The average Bonchev–Trinajstić information content (AvgIpc) is 2.92. The highest BCUT2D eigenvalue weighted by atomic mass is 79.9. The first-order valence-electron chi connectivity index (χ1n) is 12.0. The van der Waals surface area contributed by atoms with Crippen LogP contribution in [0.15, 0.2) is 75.0 Å². The maximum Gasteiger partial charge on any atom is 0.311 e. The third-order valence-corrected chi connectivity index (χ3v) is 6.11. The zero-order chi connectivity index (χ0) is 27.9. The lowest BCUT2D eigenvalue weighted by molar-refractivity contribution is -0.385. The number of unbranched alkanes of at least 4 members (excludes halogenated alkanes) is 1. The van der Waals surface area contributed by atoms with Crippen LogP contribution in [0.25, 0.3) is 10.9 Å². The van der Waals surface area contributed by atoms with Crippen LogP contribution in [-0.4, -0.2) is 33.3 Å². The Kier molecular flexibility index (Phi) is 8.77. The molecular formula is C27H23BrFN5O5. The van der Waals surface area contributed by atoms with E-state index in [2.05, 4.69) is 31.3 Å². The van der Waals surface area contributed by atoms with Crippen LogP contribution >= 0.6 is 15.9 Å². The smallest absolute Gasteiger partial charge is 0.311 e. The number of carbonyl (C=O) groups excluding carboxylic acids is 1. The molecule has 1 amide bonds. The van der Waals surface area contributed by atoms with Crippen LogP contribution in [-0.2, 0) is 11.2 Å². The van der Waals surface area contributed by atoms with Crippen LogP contribution in [0.5, 0.6) is 5.75 Å². The topological polar surface area (TPSA) is 129 Å². The molecule has 3 aromatic carbocycles. The molecule has 1 heterocycles. The van der Waals surface area contributed by atoms with Gasteiger partial charge in [-0.3, -0.25) is 19.7 Å². The number of fused-ring (bicyclic) bond motifs is 1. The van der Waals surface area contributed by atoms with Crippen molar-refractivity contribution in [2.75, 3.05) is 11.9 Å². The second-order valence-corrected chi connectivity index (χ2v) is 9.40. The summed E-state index contributed by atoms with van der Waals surface area (Å²) < 4.78 is 20.3. The largest absolute Gasteiger partial charge is 0.477 e. The lowest BCUT2D eigenvalue weighted by Crippen LogP contribution is -2.22. The molecule has 200 valence electrons. The Bertz CT molecular complexity index is 1620. The summed E-state index contributed by atoms with van der Waals surface area (Å²) in [5.74, 6) is -0.662. The van der Waals surface area contributed by atoms with E-state index >= 15 is 0 Å². The van der Waals surface area contributed by atoms with E-state index in [0.717, 1.165) is 17.3 Å². The van der Waals surface area contributed by atoms with E-state index in [1.165, 1.54) is 53.4 Å². The molecular weight excluding hydrogens is 573 g/mol. The highest BCUT2D eigenvalue weighted by Gasteiger charge is 2.17. The number of aryl methyl sites for hydroxylation is 1. The number of hydrogen-bond donors (Lipinski definition) is 1. The van der Waals surface area contributed by atoms with Crippen molar-refractivity contribution < 1.29 is 18.8 Å². The lowest BCUT2D eigenvalue weighted by atomic mass is 10.2. The Hall–Kier alpha value is -4.45. The van der Waals surface area contributed by atoms with E-state index in [-0.39, 0.29) is 17.0 Å². The molecule has 0 fully saturated rings. The third-order valence-electron chi connectivity index (χ3n) is 5.62. The number of halogens is 2. The van der Waals surface area contributed by atoms with Gasteiger partial charge < -0.3 is 10.1 Å². The van der Waals surface area contributed by atoms with E-state index in [4.69, 9.17) is 4.74 Å². The van der Waals surface area contributed by atoms with E-state index < -0.39 is 23.3 Å². The summed E-state index contributed by atoms with van der Waals surface area (Å²) >= 11 is 3.37. The van der Waals surface area contributed by atoms with E-state index in [9.17, 15) is 24.1 Å². The van der Waals surface area contributed by atoms with Gasteiger partial charge in [0.05, 0.1) is 22.0 Å². The van der Waals surface area contributed by atoms with Gasteiger partial charge in [0.2, 0.25) is 0 Å². The molecule has 1 N–H and O–H groups in total. The van der Waals surface area contributed by atoms with Crippen LogP contribution in [0.3, 0.4) is 0 Å². The van der Waals surface area contributed by atoms with Gasteiger partial charge >= 0.3 is 5.69 Å². The number of nitro benzene ring substituents is 1. The van der Waals surface area contributed by atoms with Crippen molar-refractivity contribution in [2.45, 2.75) is 26.2 Å². The molecule has 12 heteroatoms. The van der Waals surface area contributed by atoms with Gasteiger partial charge in [-0.05, 0) is 61.0 Å². The quantitative estimate of drug-likeness (QED) is 0.147. The molecule has 10 nitrogen and oxygen atoms in total. The minimum Gasteiger partial charge on any atom is -0.477 e. The maximum absolute atomic E-state index is 13.2. The minimum absolute atomic E-state index is 0.121. The SMILES string of the molecule is CCCCc1nc2ccc(Br)cc2c(=O)n1N=Cc1ccc(OCC(=O)Nc2ccc(F)cc2)c([N+](=O)[O-])c1. The number of nitro groups is 1. The van der Waals surface area contributed by atoms with Crippen molar-refractivity contribution >= 4 is 50.3 Å². The van der Waals surface area contributed by atoms with Crippen molar-refractivity contribution in [3.8, 4) is 5.75 Å². The molecule has 0 saturated heterocycles. The van der Waals surface area contributed by atoms with Gasteiger partial charge in [0, 0.05) is 28.2 Å². The van der Waals surface area contributed by atoms with Gasteiger partial charge in [-0.25, -0.2) is 9.37 Å². The van der Waals surface area contributed by atoms with Crippen LogP contribution in [0.4, 0.5) is 15.8 Å². The van der Waals surface area contributed by atoms with Gasteiger partial charge in [0.15, 0.2) is 12.4 Å². The monoisotopic (exact) mass is 595 g/mol. The second kappa shape index (κ2) is 12.4. The summed E-state index contributed by atoms with van der Waals surface area (Å²) in [7, 11) is 0. The van der Waals surface area contributed by atoms with Crippen LogP contribution in [0.1, 0.15) is 31.2 Å². The molecule has 0 spiro atoms. The minimum atomic E-state index is -0.640. The predicted octanol–water partition coefficient (Wildman–Crippen LogP) is 5.45. The predicted molar refractivity (Wildman–Crippen MR) is 149 cm³/mol. The van der Waals surface area contributed by atoms with Crippen LogP contribution < -0.4 is 15.6 Å². The summed E-state index contributed by atoms with van der Waals surface area (Å²) in [5, 5.41) is 18.9.